The number of fused-ring (bicyclic) bond motifs is 1. The summed E-state index contributed by atoms with van der Waals surface area (Å²) in [6.07, 6.45) is 3.05. The van der Waals surface area contributed by atoms with Gasteiger partial charge in [-0.1, -0.05) is 6.92 Å². The maximum atomic E-state index is 12.4. The summed E-state index contributed by atoms with van der Waals surface area (Å²) < 4.78 is 0. The van der Waals surface area contributed by atoms with E-state index in [2.05, 4.69) is 21.6 Å². The normalized spacial score (nSPS) is 34.4. The third-order valence-electron chi connectivity index (χ3n) is 5.82. The van der Waals surface area contributed by atoms with E-state index in [4.69, 9.17) is 5.73 Å². The van der Waals surface area contributed by atoms with Gasteiger partial charge in [0.05, 0.1) is 0 Å². The van der Waals surface area contributed by atoms with Crippen molar-refractivity contribution in [1.82, 2.24) is 14.7 Å². The molecule has 2 heterocycles. The quantitative estimate of drug-likeness (QED) is 0.805. The van der Waals surface area contributed by atoms with Crippen LogP contribution in [0.2, 0.25) is 0 Å². The summed E-state index contributed by atoms with van der Waals surface area (Å²) in [6, 6.07) is 0.329. The molecule has 0 radical (unpaired) electrons. The molecule has 3 aliphatic rings. The van der Waals surface area contributed by atoms with Crippen LogP contribution in [0.3, 0.4) is 0 Å². The summed E-state index contributed by atoms with van der Waals surface area (Å²) in [5.41, 5.74) is 6.15. The molecule has 0 aromatic heterocycles. The van der Waals surface area contributed by atoms with E-state index in [9.17, 15) is 4.79 Å². The number of hydrogen-bond acceptors (Lipinski definition) is 4. The molecule has 21 heavy (non-hydrogen) atoms. The molecule has 5 nitrogen and oxygen atoms in total. The maximum absolute atomic E-state index is 12.4. The van der Waals surface area contributed by atoms with E-state index >= 15 is 0 Å². The zero-order valence-electron chi connectivity index (χ0n) is 13.3. The van der Waals surface area contributed by atoms with Gasteiger partial charge in [0.25, 0.3) is 0 Å². The second-order valence-corrected chi connectivity index (χ2v) is 6.99. The molecule has 3 fully saturated rings. The number of carbonyl (C=O) groups is 1. The van der Waals surface area contributed by atoms with Gasteiger partial charge < -0.3 is 20.4 Å². The van der Waals surface area contributed by atoms with Crippen molar-refractivity contribution in [3.05, 3.63) is 0 Å². The van der Waals surface area contributed by atoms with Crippen LogP contribution in [0.4, 0.5) is 0 Å². The number of carbonyl (C=O) groups excluding carboxylic acids is 1. The second-order valence-electron chi connectivity index (χ2n) is 6.99. The van der Waals surface area contributed by atoms with Gasteiger partial charge in [0, 0.05) is 58.3 Å². The monoisotopic (exact) mass is 294 g/mol. The first-order chi connectivity index (χ1) is 10.2. The zero-order valence-corrected chi connectivity index (χ0v) is 13.3. The number of rotatable bonds is 4. The number of piperazine rings is 1. The van der Waals surface area contributed by atoms with Gasteiger partial charge in [-0.2, -0.15) is 0 Å². The molecular weight excluding hydrogens is 264 g/mol. The van der Waals surface area contributed by atoms with Crippen LogP contribution in [0.5, 0.6) is 0 Å². The van der Waals surface area contributed by atoms with Crippen LogP contribution in [0, 0.1) is 11.8 Å². The van der Waals surface area contributed by atoms with Crippen LogP contribution in [-0.2, 0) is 4.79 Å². The van der Waals surface area contributed by atoms with Crippen molar-refractivity contribution >= 4 is 5.91 Å². The Morgan fingerprint density at radius 1 is 1.10 bits per heavy atom. The number of likely N-dealkylation sites (N-methyl/N-ethyl adjacent to an activating group) is 1. The topological polar surface area (TPSA) is 52.8 Å². The fraction of sp³-hybridized carbons (Fsp3) is 0.938. The lowest BCUT2D eigenvalue weighted by Gasteiger charge is -2.34. The molecule has 0 bridgehead atoms. The van der Waals surface area contributed by atoms with E-state index in [1.54, 1.807) is 0 Å². The number of nitrogens with two attached hydrogens (primary N) is 1. The van der Waals surface area contributed by atoms with E-state index < -0.39 is 0 Å². The standard InChI is InChI=1S/C16H30N4O/c1-2-18-7-9-19(10-8-18)6-5-16(21)20-11-13-3-4-15(17)14(13)12-20/h13-15H,2-12,17H2,1H3. The summed E-state index contributed by atoms with van der Waals surface area (Å²) in [6.45, 7) is 10.7. The van der Waals surface area contributed by atoms with Crippen molar-refractivity contribution in [3.63, 3.8) is 0 Å². The molecule has 5 heteroatoms. The van der Waals surface area contributed by atoms with Crippen molar-refractivity contribution in [3.8, 4) is 0 Å². The molecular formula is C16H30N4O. The van der Waals surface area contributed by atoms with Gasteiger partial charge in [-0.15, -0.1) is 0 Å². The molecule has 1 amide bonds. The third kappa shape index (κ3) is 3.41. The lowest BCUT2D eigenvalue weighted by atomic mass is 9.98. The minimum atomic E-state index is 0.329. The second kappa shape index (κ2) is 6.63. The summed E-state index contributed by atoms with van der Waals surface area (Å²) in [5.74, 6) is 1.59. The average Bonchev–Trinajstić information content (AvgIpc) is 3.08. The van der Waals surface area contributed by atoms with E-state index in [-0.39, 0.29) is 0 Å². The molecule has 0 aromatic rings. The summed E-state index contributed by atoms with van der Waals surface area (Å²) >= 11 is 0. The van der Waals surface area contributed by atoms with Crippen LogP contribution in [0.25, 0.3) is 0 Å². The van der Waals surface area contributed by atoms with Gasteiger partial charge in [0.15, 0.2) is 0 Å². The van der Waals surface area contributed by atoms with Crippen molar-refractivity contribution in [2.75, 3.05) is 52.4 Å². The largest absolute Gasteiger partial charge is 0.342 e. The predicted octanol–water partition coefficient (Wildman–Crippen LogP) is 0.210. The predicted molar refractivity (Wildman–Crippen MR) is 83.9 cm³/mol. The van der Waals surface area contributed by atoms with Crippen molar-refractivity contribution in [2.45, 2.75) is 32.2 Å². The Morgan fingerprint density at radius 2 is 1.81 bits per heavy atom. The molecule has 1 aliphatic carbocycles. The molecule has 0 spiro atoms. The van der Waals surface area contributed by atoms with Crippen molar-refractivity contribution in [1.29, 1.82) is 0 Å². The molecule has 0 aromatic carbocycles. The summed E-state index contributed by atoms with van der Waals surface area (Å²) in [7, 11) is 0. The molecule has 3 atom stereocenters. The van der Waals surface area contributed by atoms with Gasteiger partial charge in [0.1, 0.15) is 0 Å². The van der Waals surface area contributed by atoms with E-state index in [0.717, 1.165) is 58.8 Å². The van der Waals surface area contributed by atoms with Gasteiger partial charge in [0.2, 0.25) is 5.91 Å². The Labute approximate surface area is 128 Å². The van der Waals surface area contributed by atoms with E-state index in [1.807, 2.05) is 0 Å². The Balaban J connectivity index is 1.39. The van der Waals surface area contributed by atoms with Crippen LogP contribution in [0.1, 0.15) is 26.2 Å². The maximum Gasteiger partial charge on any atom is 0.223 e. The first kappa shape index (κ1) is 15.3. The molecule has 3 rings (SSSR count). The Hall–Kier alpha value is -0.650. The zero-order chi connectivity index (χ0) is 14.8. The van der Waals surface area contributed by atoms with E-state index in [1.165, 1.54) is 6.42 Å². The molecule has 1 saturated carbocycles. The highest BCUT2D eigenvalue weighted by molar-refractivity contribution is 5.76. The number of likely N-dealkylation sites (tertiary alicyclic amines) is 1. The van der Waals surface area contributed by atoms with E-state index in [0.29, 0.717) is 30.2 Å². The van der Waals surface area contributed by atoms with Crippen molar-refractivity contribution < 1.29 is 4.79 Å². The molecule has 2 N–H and O–H groups in total. The average molecular weight is 294 g/mol. The number of amides is 1. The minimum Gasteiger partial charge on any atom is -0.342 e. The van der Waals surface area contributed by atoms with Crippen LogP contribution < -0.4 is 5.73 Å². The summed E-state index contributed by atoms with van der Waals surface area (Å²) in [5, 5.41) is 0. The lowest BCUT2D eigenvalue weighted by molar-refractivity contribution is -0.130. The minimum absolute atomic E-state index is 0.329. The highest BCUT2D eigenvalue weighted by atomic mass is 16.2. The van der Waals surface area contributed by atoms with Gasteiger partial charge in [-0.05, 0) is 31.2 Å². The Bertz CT molecular complexity index is 367. The summed E-state index contributed by atoms with van der Waals surface area (Å²) in [4.78, 5) is 19.4. The Kier molecular flexibility index (Phi) is 4.82. The van der Waals surface area contributed by atoms with Gasteiger partial charge >= 0.3 is 0 Å². The van der Waals surface area contributed by atoms with Gasteiger partial charge in [-0.3, -0.25) is 4.79 Å². The highest BCUT2D eigenvalue weighted by Gasteiger charge is 2.42. The van der Waals surface area contributed by atoms with Crippen LogP contribution in [0.15, 0.2) is 0 Å². The van der Waals surface area contributed by atoms with Crippen molar-refractivity contribution in [2.24, 2.45) is 17.6 Å². The molecule has 120 valence electrons. The van der Waals surface area contributed by atoms with Gasteiger partial charge in [-0.25, -0.2) is 0 Å². The number of nitrogens with zero attached hydrogens (tertiary/aromatic N) is 3. The number of hydrogen-bond donors (Lipinski definition) is 1. The molecule has 2 saturated heterocycles. The molecule has 3 unspecified atom stereocenters. The highest BCUT2D eigenvalue weighted by Crippen LogP contribution is 2.37. The smallest absolute Gasteiger partial charge is 0.223 e. The first-order valence-electron chi connectivity index (χ1n) is 8.65. The third-order valence-corrected chi connectivity index (χ3v) is 5.82. The SMILES string of the molecule is CCN1CCN(CCC(=O)N2CC3CCC(N)C3C2)CC1. The fourth-order valence-corrected chi connectivity index (χ4v) is 4.25. The lowest BCUT2D eigenvalue weighted by Crippen LogP contribution is -2.47. The molecule has 2 aliphatic heterocycles. The Morgan fingerprint density at radius 3 is 2.48 bits per heavy atom. The van der Waals surface area contributed by atoms with Crippen LogP contribution in [-0.4, -0.2) is 79.0 Å². The van der Waals surface area contributed by atoms with Crippen LogP contribution >= 0.6 is 0 Å². The fourth-order valence-electron chi connectivity index (χ4n) is 4.25. The first-order valence-corrected chi connectivity index (χ1v) is 8.65.